The molecule has 8 heteroatoms. The molecule has 1 aromatic heterocycles. The normalized spacial score (nSPS) is 11.9. The van der Waals surface area contributed by atoms with Gasteiger partial charge in [0.2, 0.25) is 5.91 Å². The summed E-state index contributed by atoms with van der Waals surface area (Å²) >= 11 is 0. The summed E-state index contributed by atoms with van der Waals surface area (Å²) in [5.41, 5.74) is 2.37. The van der Waals surface area contributed by atoms with E-state index in [1.807, 2.05) is 28.8 Å². The quantitative estimate of drug-likeness (QED) is 0.522. The molecule has 3 aromatic rings. The van der Waals surface area contributed by atoms with E-state index in [9.17, 15) is 14.7 Å². The maximum Gasteiger partial charge on any atom is 0.303 e. The summed E-state index contributed by atoms with van der Waals surface area (Å²) in [6.45, 7) is 0.467. The lowest BCUT2D eigenvalue weighted by Gasteiger charge is -2.14. The molecule has 0 saturated carbocycles. The lowest BCUT2D eigenvalue weighted by molar-refractivity contribution is -0.138. The van der Waals surface area contributed by atoms with Gasteiger partial charge in [0.1, 0.15) is 18.5 Å². The van der Waals surface area contributed by atoms with Crippen LogP contribution in [0.15, 0.2) is 54.9 Å². The second-order valence-corrected chi connectivity index (χ2v) is 6.32. The van der Waals surface area contributed by atoms with Crippen molar-refractivity contribution in [2.75, 3.05) is 11.9 Å². The number of fused-ring (bicyclic) bond motifs is 1. The van der Waals surface area contributed by atoms with Gasteiger partial charge in [0.15, 0.2) is 0 Å². The van der Waals surface area contributed by atoms with Gasteiger partial charge in [0, 0.05) is 12.1 Å². The van der Waals surface area contributed by atoms with E-state index in [0.717, 1.165) is 11.0 Å². The molecule has 0 spiro atoms. The predicted molar refractivity (Wildman–Crippen MR) is 103 cm³/mol. The minimum atomic E-state index is -1.01. The number of nitrogens with one attached hydrogen (secondary N) is 1. The molecule has 0 aliphatic carbocycles. The van der Waals surface area contributed by atoms with E-state index < -0.39 is 12.1 Å². The van der Waals surface area contributed by atoms with Crippen LogP contribution in [-0.4, -0.2) is 44.4 Å². The van der Waals surface area contributed by atoms with Crippen molar-refractivity contribution in [3.05, 3.63) is 54.9 Å². The van der Waals surface area contributed by atoms with Crippen molar-refractivity contribution in [1.29, 1.82) is 0 Å². The Labute approximate surface area is 161 Å². The van der Waals surface area contributed by atoms with Gasteiger partial charge >= 0.3 is 5.97 Å². The lowest BCUT2D eigenvalue weighted by Crippen LogP contribution is -2.23. The molecule has 2 aromatic carbocycles. The first-order valence-corrected chi connectivity index (χ1v) is 8.84. The Hall–Kier alpha value is -3.39. The Morgan fingerprint density at radius 1 is 1.11 bits per heavy atom. The standard InChI is InChI=1S/C20H21N3O5/c24-15(11-23-13-21-17-3-1-2-4-18(17)23)12-28-16-7-5-14(6-8-16)22-19(25)9-10-20(26)27/h1-8,13,15,24H,9-12H2,(H,22,25)(H,26,27)/t15-/m1/s1. The highest BCUT2D eigenvalue weighted by Gasteiger charge is 2.10. The largest absolute Gasteiger partial charge is 0.491 e. The zero-order valence-corrected chi connectivity index (χ0v) is 15.1. The molecule has 28 heavy (non-hydrogen) atoms. The van der Waals surface area contributed by atoms with Crippen LogP contribution in [0.4, 0.5) is 5.69 Å². The maximum absolute atomic E-state index is 11.6. The highest BCUT2D eigenvalue weighted by molar-refractivity contribution is 5.92. The topological polar surface area (TPSA) is 114 Å². The molecule has 0 radical (unpaired) electrons. The van der Waals surface area contributed by atoms with Gasteiger partial charge in [0.05, 0.1) is 30.3 Å². The van der Waals surface area contributed by atoms with Crippen molar-refractivity contribution < 1.29 is 24.5 Å². The van der Waals surface area contributed by atoms with Crippen molar-refractivity contribution >= 4 is 28.6 Å². The summed E-state index contributed by atoms with van der Waals surface area (Å²) in [4.78, 5) is 26.4. The second kappa shape index (κ2) is 9.01. The lowest BCUT2D eigenvalue weighted by atomic mass is 10.2. The fourth-order valence-corrected chi connectivity index (χ4v) is 2.71. The number of para-hydroxylation sites is 2. The number of amides is 1. The zero-order valence-electron chi connectivity index (χ0n) is 15.1. The number of anilines is 1. The number of aliphatic hydroxyl groups excluding tert-OH is 1. The number of nitrogens with zero attached hydrogens (tertiary/aromatic N) is 2. The summed E-state index contributed by atoms with van der Waals surface area (Å²) < 4.78 is 7.47. The Bertz CT molecular complexity index is 952. The summed E-state index contributed by atoms with van der Waals surface area (Å²) in [6, 6.07) is 14.4. The number of ether oxygens (including phenoxy) is 1. The van der Waals surface area contributed by atoms with Crippen molar-refractivity contribution in [2.24, 2.45) is 0 Å². The Kier molecular flexibility index (Phi) is 6.23. The molecule has 0 bridgehead atoms. The number of aliphatic hydroxyl groups is 1. The molecule has 146 valence electrons. The third-order valence-electron chi connectivity index (χ3n) is 4.08. The summed E-state index contributed by atoms with van der Waals surface area (Å²) in [5, 5.41) is 21.4. The van der Waals surface area contributed by atoms with Crippen LogP contribution in [0.25, 0.3) is 11.0 Å². The van der Waals surface area contributed by atoms with Gasteiger partial charge in [0.25, 0.3) is 0 Å². The van der Waals surface area contributed by atoms with Gasteiger partial charge in [-0.3, -0.25) is 9.59 Å². The number of aliphatic carboxylic acids is 1. The maximum atomic E-state index is 11.6. The number of imidazole rings is 1. The van der Waals surface area contributed by atoms with Crippen molar-refractivity contribution in [2.45, 2.75) is 25.5 Å². The Balaban J connectivity index is 1.47. The third-order valence-corrected chi connectivity index (χ3v) is 4.08. The monoisotopic (exact) mass is 383 g/mol. The summed E-state index contributed by atoms with van der Waals surface area (Å²) in [7, 11) is 0. The van der Waals surface area contributed by atoms with Crippen LogP contribution in [0.3, 0.4) is 0 Å². The first-order valence-electron chi connectivity index (χ1n) is 8.84. The fourth-order valence-electron chi connectivity index (χ4n) is 2.71. The van der Waals surface area contributed by atoms with Crippen LogP contribution in [-0.2, 0) is 16.1 Å². The highest BCUT2D eigenvalue weighted by atomic mass is 16.5. The Morgan fingerprint density at radius 3 is 2.61 bits per heavy atom. The molecule has 0 aliphatic rings. The molecule has 1 amide bonds. The molecule has 1 atom stereocenters. The first kappa shape index (κ1) is 19.4. The minimum absolute atomic E-state index is 0.0806. The average molecular weight is 383 g/mol. The molecule has 3 N–H and O–H groups in total. The predicted octanol–water partition coefficient (Wildman–Crippen LogP) is 2.28. The van der Waals surface area contributed by atoms with Crippen LogP contribution in [0.1, 0.15) is 12.8 Å². The van der Waals surface area contributed by atoms with E-state index in [1.165, 1.54) is 0 Å². The van der Waals surface area contributed by atoms with Gasteiger partial charge in [-0.15, -0.1) is 0 Å². The Morgan fingerprint density at radius 2 is 1.86 bits per heavy atom. The molecule has 8 nitrogen and oxygen atoms in total. The number of carboxylic acid groups (broad SMARTS) is 1. The van der Waals surface area contributed by atoms with Gasteiger partial charge in [-0.2, -0.15) is 0 Å². The molecule has 3 rings (SSSR count). The molecular weight excluding hydrogens is 362 g/mol. The van der Waals surface area contributed by atoms with Crippen LogP contribution < -0.4 is 10.1 Å². The number of benzene rings is 2. The zero-order chi connectivity index (χ0) is 19.9. The van der Waals surface area contributed by atoms with Crippen molar-refractivity contribution in [3.63, 3.8) is 0 Å². The number of carbonyl (C=O) groups excluding carboxylic acids is 1. The van der Waals surface area contributed by atoms with Crippen LogP contribution >= 0.6 is 0 Å². The van der Waals surface area contributed by atoms with Crippen molar-refractivity contribution in [3.8, 4) is 5.75 Å². The van der Waals surface area contributed by atoms with E-state index in [1.54, 1.807) is 30.6 Å². The van der Waals surface area contributed by atoms with E-state index in [0.29, 0.717) is 18.0 Å². The van der Waals surface area contributed by atoms with Crippen LogP contribution in [0.2, 0.25) is 0 Å². The van der Waals surface area contributed by atoms with Gasteiger partial charge in [-0.25, -0.2) is 4.98 Å². The van der Waals surface area contributed by atoms with E-state index in [2.05, 4.69) is 10.3 Å². The van der Waals surface area contributed by atoms with Crippen LogP contribution in [0, 0.1) is 0 Å². The third kappa shape index (κ3) is 5.31. The molecule has 0 aliphatic heterocycles. The van der Waals surface area contributed by atoms with Crippen molar-refractivity contribution in [1.82, 2.24) is 9.55 Å². The van der Waals surface area contributed by atoms with Gasteiger partial charge in [-0.1, -0.05) is 12.1 Å². The number of carboxylic acids is 1. The molecule has 0 unspecified atom stereocenters. The van der Waals surface area contributed by atoms with E-state index in [4.69, 9.17) is 9.84 Å². The SMILES string of the molecule is O=C(O)CCC(=O)Nc1ccc(OC[C@H](O)Cn2cnc3ccccc32)cc1. The average Bonchev–Trinajstić information content (AvgIpc) is 3.09. The molecular formula is C20H21N3O5. The summed E-state index contributed by atoms with van der Waals surface area (Å²) in [6.07, 6.45) is 0.684. The highest BCUT2D eigenvalue weighted by Crippen LogP contribution is 2.17. The summed E-state index contributed by atoms with van der Waals surface area (Å²) in [5.74, 6) is -0.821. The number of hydrogen-bond donors (Lipinski definition) is 3. The minimum Gasteiger partial charge on any atom is -0.491 e. The van der Waals surface area contributed by atoms with Crippen LogP contribution in [0.5, 0.6) is 5.75 Å². The number of carbonyl (C=O) groups is 2. The fraction of sp³-hybridized carbons (Fsp3) is 0.250. The van der Waals surface area contributed by atoms with Gasteiger partial charge in [-0.05, 0) is 36.4 Å². The molecule has 0 saturated heterocycles. The van der Waals surface area contributed by atoms with E-state index in [-0.39, 0.29) is 25.4 Å². The number of hydrogen-bond acceptors (Lipinski definition) is 5. The smallest absolute Gasteiger partial charge is 0.303 e. The first-order chi connectivity index (χ1) is 13.5. The number of rotatable bonds is 9. The second-order valence-electron chi connectivity index (χ2n) is 6.32. The molecule has 0 fully saturated rings. The molecule has 1 heterocycles. The van der Waals surface area contributed by atoms with E-state index >= 15 is 0 Å². The van der Waals surface area contributed by atoms with Gasteiger partial charge < -0.3 is 24.8 Å². The number of aromatic nitrogens is 2.